The molecule has 3 heteroatoms. The third-order valence-corrected chi connectivity index (χ3v) is 3.85. The van der Waals surface area contributed by atoms with Crippen molar-refractivity contribution in [2.24, 2.45) is 5.92 Å². The highest BCUT2D eigenvalue weighted by atomic mass is 16.5. The molecule has 0 radical (unpaired) electrons. The first kappa shape index (κ1) is 13.1. The van der Waals surface area contributed by atoms with Gasteiger partial charge in [-0.3, -0.25) is 0 Å². The molecule has 1 aromatic carbocycles. The number of nitrogens with one attached hydrogen (secondary N) is 1. The van der Waals surface area contributed by atoms with Gasteiger partial charge in [-0.15, -0.1) is 0 Å². The van der Waals surface area contributed by atoms with E-state index >= 15 is 0 Å². The normalized spacial score (nSPS) is 19.8. The predicted octanol–water partition coefficient (Wildman–Crippen LogP) is 3.12. The molecule has 2 atom stereocenters. The van der Waals surface area contributed by atoms with Crippen LogP contribution in [0.3, 0.4) is 0 Å². The molecule has 1 fully saturated rings. The second kappa shape index (κ2) is 6.06. The first-order valence-electron chi connectivity index (χ1n) is 7.18. The largest absolute Gasteiger partial charge is 0.469 e. The van der Waals surface area contributed by atoms with Gasteiger partial charge in [0.15, 0.2) is 0 Å². The van der Waals surface area contributed by atoms with Crippen LogP contribution in [0.15, 0.2) is 48.7 Å². The van der Waals surface area contributed by atoms with Gasteiger partial charge < -0.3 is 10.1 Å². The summed E-state index contributed by atoms with van der Waals surface area (Å²) in [4.78, 5) is 4.37. The van der Waals surface area contributed by atoms with Crippen LogP contribution in [-0.4, -0.2) is 18.1 Å². The molecule has 2 heterocycles. The van der Waals surface area contributed by atoms with E-state index in [4.69, 9.17) is 4.74 Å². The monoisotopic (exact) mass is 268 g/mol. The summed E-state index contributed by atoms with van der Waals surface area (Å²) in [6, 6.07) is 14.4. The Balaban J connectivity index is 1.88. The van der Waals surface area contributed by atoms with Gasteiger partial charge in [0.1, 0.15) is 6.10 Å². The van der Waals surface area contributed by atoms with Crippen molar-refractivity contribution in [3.05, 3.63) is 59.8 Å². The number of benzene rings is 1. The molecule has 0 aliphatic carbocycles. The van der Waals surface area contributed by atoms with Crippen LogP contribution in [0, 0.1) is 12.8 Å². The third kappa shape index (κ3) is 2.83. The van der Waals surface area contributed by atoms with E-state index in [0.717, 1.165) is 31.0 Å². The summed E-state index contributed by atoms with van der Waals surface area (Å²) in [5.41, 5.74) is 2.31. The summed E-state index contributed by atoms with van der Waals surface area (Å²) in [5.74, 6) is 1.24. The second-order valence-electron chi connectivity index (χ2n) is 5.33. The minimum absolute atomic E-state index is 0.0693. The Morgan fingerprint density at radius 2 is 2.05 bits per heavy atom. The summed E-state index contributed by atoms with van der Waals surface area (Å²) in [5, 5.41) is 3.42. The first-order chi connectivity index (χ1) is 9.84. The fraction of sp³-hybridized carbons (Fsp3) is 0.353. The van der Waals surface area contributed by atoms with Crippen LogP contribution in [0.5, 0.6) is 5.88 Å². The molecule has 2 aromatic rings. The van der Waals surface area contributed by atoms with Gasteiger partial charge in [-0.2, -0.15) is 0 Å². The zero-order valence-corrected chi connectivity index (χ0v) is 11.8. The summed E-state index contributed by atoms with van der Waals surface area (Å²) in [6.45, 7) is 4.11. The van der Waals surface area contributed by atoms with Crippen molar-refractivity contribution in [2.45, 2.75) is 19.4 Å². The predicted molar refractivity (Wildman–Crippen MR) is 79.8 cm³/mol. The molecule has 1 unspecified atom stereocenters. The maximum Gasteiger partial charge on any atom is 0.216 e. The Bertz CT molecular complexity index is 550. The first-order valence-corrected chi connectivity index (χ1v) is 7.18. The third-order valence-electron chi connectivity index (χ3n) is 3.85. The number of nitrogens with zero attached hydrogens (tertiary/aromatic N) is 1. The van der Waals surface area contributed by atoms with Gasteiger partial charge in [-0.05, 0) is 31.5 Å². The number of pyridine rings is 1. The van der Waals surface area contributed by atoms with Crippen LogP contribution in [0.4, 0.5) is 0 Å². The zero-order chi connectivity index (χ0) is 13.8. The summed E-state index contributed by atoms with van der Waals surface area (Å²) < 4.78 is 6.26. The number of aryl methyl sites for hydroxylation is 1. The Morgan fingerprint density at radius 3 is 2.75 bits per heavy atom. The van der Waals surface area contributed by atoms with Gasteiger partial charge in [0.2, 0.25) is 5.88 Å². The van der Waals surface area contributed by atoms with Crippen molar-refractivity contribution in [2.75, 3.05) is 13.1 Å². The van der Waals surface area contributed by atoms with Gasteiger partial charge in [-0.25, -0.2) is 4.98 Å². The topological polar surface area (TPSA) is 34.1 Å². The van der Waals surface area contributed by atoms with Gasteiger partial charge in [0.05, 0.1) is 0 Å². The average Bonchev–Trinajstić information content (AvgIpc) is 3.01. The molecule has 1 aliphatic rings. The van der Waals surface area contributed by atoms with Gasteiger partial charge in [0, 0.05) is 24.2 Å². The van der Waals surface area contributed by atoms with Crippen LogP contribution in [0.1, 0.15) is 23.7 Å². The van der Waals surface area contributed by atoms with Gasteiger partial charge in [-0.1, -0.05) is 36.4 Å². The quantitative estimate of drug-likeness (QED) is 0.925. The highest BCUT2D eigenvalue weighted by Gasteiger charge is 2.28. The van der Waals surface area contributed by atoms with Crippen molar-refractivity contribution in [1.29, 1.82) is 0 Å². The van der Waals surface area contributed by atoms with Gasteiger partial charge in [0.25, 0.3) is 0 Å². The number of hydrogen-bond acceptors (Lipinski definition) is 3. The standard InChI is InChI=1S/C17H20N2O/c1-13-6-5-10-19-17(13)20-16(15-9-11-18-12-15)14-7-3-2-4-8-14/h2-8,10,15-16,18H,9,11-12H2,1H3/t15?,16-/m1/s1. The summed E-state index contributed by atoms with van der Waals surface area (Å²) in [6.07, 6.45) is 3.00. The molecule has 1 aromatic heterocycles. The van der Waals surface area contributed by atoms with Crippen molar-refractivity contribution < 1.29 is 4.74 Å². The van der Waals surface area contributed by atoms with Crippen LogP contribution in [0.25, 0.3) is 0 Å². The van der Waals surface area contributed by atoms with Crippen molar-refractivity contribution in [3.63, 3.8) is 0 Å². The Kier molecular flexibility index (Phi) is 3.97. The second-order valence-corrected chi connectivity index (χ2v) is 5.33. The average molecular weight is 268 g/mol. The molecule has 3 rings (SSSR count). The molecule has 1 saturated heterocycles. The van der Waals surface area contributed by atoms with E-state index in [0.29, 0.717) is 5.92 Å². The lowest BCUT2D eigenvalue weighted by Gasteiger charge is -2.25. The number of hydrogen-bond donors (Lipinski definition) is 1. The van der Waals surface area contributed by atoms with E-state index in [1.54, 1.807) is 6.20 Å². The Morgan fingerprint density at radius 1 is 1.20 bits per heavy atom. The number of ether oxygens (including phenoxy) is 1. The van der Waals surface area contributed by atoms with Crippen molar-refractivity contribution in [3.8, 4) is 5.88 Å². The van der Waals surface area contributed by atoms with Crippen LogP contribution in [0.2, 0.25) is 0 Å². The van der Waals surface area contributed by atoms with Crippen LogP contribution < -0.4 is 10.1 Å². The van der Waals surface area contributed by atoms with E-state index in [1.807, 2.05) is 25.1 Å². The molecule has 3 nitrogen and oxygen atoms in total. The number of rotatable bonds is 4. The van der Waals surface area contributed by atoms with Gasteiger partial charge >= 0.3 is 0 Å². The van der Waals surface area contributed by atoms with Crippen LogP contribution in [-0.2, 0) is 0 Å². The van der Waals surface area contributed by atoms with E-state index in [9.17, 15) is 0 Å². The molecule has 20 heavy (non-hydrogen) atoms. The lowest BCUT2D eigenvalue weighted by atomic mass is 9.95. The van der Waals surface area contributed by atoms with Crippen molar-refractivity contribution >= 4 is 0 Å². The van der Waals surface area contributed by atoms with E-state index in [2.05, 4.69) is 34.6 Å². The molecule has 0 bridgehead atoms. The molecule has 1 aliphatic heterocycles. The maximum absolute atomic E-state index is 6.26. The van der Waals surface area contributed by atoms with E-state index in [1.165, 1.54) is 5.56 Å². The minimum atomic E-state index is 0.0693. The Hall–Kier alpha value is -1.87. The van der Waals surface area contributed by atoms with E-state index in [-0.39, 0.29) is 6.10 Å². The highest BCUT2D eigenvalue weighted by Crippen LogP contribution is 2.32. The fourth-order valence-electron chi connectivity index (χ4n) is 2.73. The fourth-order valence-corrected chi connectivity index (χ4v) is 2.73. The summed E-state index contributed by atoms with van der Waals surface area (Å²) >= 11 is 0. The summed E-state index contributed by atoms with van der Waals surface area (Å²) in [7, 11) is 0. The smallest absolute Gasteiger partial charge is 0.216 e. The molecule has 1 N–H and O–H groups in total. The molecule has 104 valence electrons. The molecular weight excluding hydrogens is 248 g/mol. The molecular formula is C17H20N2O. The van der Waals surface area contributed by atoms with Crippen LogP contribution >= 0.6 is 0 Å². The SMILES string of the molecule is Cc1cccnc1O[C@H](c1ccccc1)C1CCNC1. The minimum Gasteiger partial charge on any atom is -0.469 e. The Labute approximate surface area is 120 Å². The molecule has 0 saturated carbocycles. The lowest BCUT2D eigenvalue weighted by molar-refractivity contribution is 0.137. The zero-order valence-electron chi connectivity index (χ0n) is 11.8. The van der Waals surface area contributed by atoms with E-state index < -0.39 is 0 Å². The maximum atomic E-state index is 6.26. The van der Waals surface area contributed by atoms with Crippen molar-refractivity contribution in [1.82, 2.24) is 10.3 Å². The molecule has 0 amide bonds. The highest BCUT2D eigenvalue weighted by molar-refractivity contribution is 5.26. The number of aromatic nitrogens is 1. The molecule has 0 spiro atoms. The lowest BCUT2D eigenvalue weighted by Crippen LogP contribution is -2.22.